The van der Waals surface area contributed by atoms with Crippen molar-refractivity contribution in [2.24, 2.45) is 5.41 Å². The standard InChI is InChI=1S/C14H27NO2/c1-4-5-10-17-13(16)11-15-12-8-6-7-9-14(12,2)3/h12,15H,4-11H2,1-3H3. The third-order valence-corrected chi connectivity index (χ3v) is 3.76. The Morgan fingerprint density at radius 1 is 1.41 bits per heavy atom. The van der Waals surface area contributed by atoms with E-state index in [4.69, 9.17) is 4.74 Å². The van der Waals surface area contributed by atoms with Crippen LogP contribution in [0.25, 0.3) is 0 Å². The average molecular weight is 241 g/mol. The van der Waals surface area contributed by atoms with Gasteiger partial charge in [0.05, 0.1) is 13.2 Å². The Morgan fingerprint density at radius 2 is 2.18 bits per heavy atom. The van der Waals surface area contributed by atoms with Gasteiger partial charge in [0.15, 0.2) is 0 Å². The molecule has 0 aromatic carbocycles. The number of esters is 1. The zero-order valence-corrected chi connectivity index (χ0v) is 11.6. The molecule has 100 valence electrons. The first-order valence-corrected chi connectivity index (χ1v) is 6.95. The van der Waals surface area contributed by atoms with E-state index >= 15 is 0 Å². The van der Waals surface area contributed by atoms with E-state index in [1.54, 1.807) is 0 Å². The van der Waals surface area contributed by atoms with Crippen LogP contribution >= 0.6 is 0 Å². The third-order valence-electron chi connectivity index (χ3n) is 3.76. The van der Waals surface area contributed by atoms with Crippen molar-refractivity contribution in [2.45, 2.75) is 65.3 Å². The molecule has 3 nitrogen and oxygen atoms in total. The van der Waals surface area contributed by atoms with Gasteiger partial charge in [0.2, 0.25) is 0 Å². The van der Waals surface area contributed by atoms with Crippen molar-refractivity contribution < 1.29 is 9.53 Å². The predicted octanol–water partition coefficient (Wildman–Crippen LogP) is 2.89. The van der Waals surface area contributed by atoms with Gasteiger partial charge < -0.3 is 10.1 Å². The molecule has 0 aromatic rings. The molecular formula is C14H27NO2. The van der Waals surface area contributed by atoms with Crippen molar-refractivity contribution in [3.05, 3.63) is 0 Å². The van der Waals surface area contributed by atoms with E-state index in [9.17, 15) is 4.79 Å². The quantitative estimate of drug-likeness (QED) is 0.574. The first-order valence-electron chi connectivity index (χ1n) is 6.95. The molecule has 0 bridgehead atoms. The van der Waals surface area contributed by atoms with Gasteiger partial charge in [-0.2, -0.15) is 0 Å². The summed E-state index contributed by atoms with van der Waals surface area (Å²) in [5, 5.41) is 3.36. The Morgan fingerprint density at radius 3 is 2.82 bits per heavy atom. The normalized spacial score (nSPS) is 23.4. The first-order chi connectivity index (χ1) is 8.06. The second-order valence-electron chi connectivity index (χ2n) is 5.74. The molecule has 0 spiro atoms. The van der Waals surface area contributed by atoms with E-state index in [1.165, 1.54) is 25.7 Å². The smallest absolute Gasteiger partial charge is 0.319 e. The second kappa shape index (κ2) is 7.00. The summed E-state index contributed by atoms with van der Waals surface area (Å²) in [7, 11) is 0. The molecule has 1 N–H and O–H groups in total. The summed E-state index contributed by atoms with van der Waals surface area (Å²) in [5.41, 5.74) is 0.307. The molecule has 1 rings (SSSR count). The number of hydrogen-bond acceptors (Lipinski definition) is 3. The van der Waals surface area contributed by atoms with Crippen LogP contribution in [0.15, 0.2) is 0 Å². The van der Waals surface area contributed by atoms with Crippen LogP contribution in [-0.4, -0.2) is 25.2 Å². The third kappa shape index (κ3) is 5.07. The van der Waals surface area contributed by atoms with Gasteiger partial charge >= 0.3 is 5.97 Å². The second-order valence-corrected chi connectivity index (χ2v) is 5.74. The Kier molecular flexibility index (Phi) is 5.96. The number of ether oxygens (including phenoxy) is 1. The highest BCUT2D eigenvalue weighted by Crippen LogP contribution is 2.35. The maximum Gasteiger partial charge on any atom is 0.319 e. The minimum absolute atomic E-state index is 0.111. The summed E-state index contributed by atoms with van der Waals surface area (Å²) in [4.78, 5) is 11.5. The largest absolute Gasteiger partial charge is 0.465 e. The molecule has 1 aliphatic rings. The molecule has 0 amide bonds. The lowest BCUT2D eigenvalue weighted by atomic mass is 9.73. The topological polar surface area (TPSA) is 38.3 Å². The number of carbonyl (C=O) groups is 1. The first kappa shape index (κ1) is 14.5. The lowest BCUT2D eigenvalue weighted by molar-refractivity contribution is -0.143. The number of hydrogen-bond donors (Lipinski definition) is 1. The molecule has 1 fully saturated rings. The number of nitrogens with one attached hydrogen (secondary N) is 1. The van der Waals surface area contributed by atoms with E-state index in [2.05, 4.69) is 26.1 Å². The average Bonchev–Trinajstić information content (AvgIpc) is 2.27. The molecule has 1 saturated carbocycles. The zero-order valence-electron chi connectivity index (χ0n) is 11.6. The molecule has 17 heavy (non-hydrogen) atoms. The van der Waals surface area contributed by atoms with E-state index < -0.39 is 0 Å². The van der Waals surface area contributed by atoms with Crippen LogP contribution in [0.1, 0.15) is 59.3 Å². The molecule has 3 heteroatoms. The van der Waals surface area contributed by atoms with Crippen LogP contribution < -0.4 is 5.32 Å². The molecule has 0 heterocycles. The molecule has 0 radical (unpaired) electrons. The van der Waals surface area contributed by atoms with E-state index in [0.717, 1.165) is 12.8 Å². The van der Waals surface area contributed by atoms with Crippen molar-refractivity contribution in [2.75, 3.05) is 13.2 Å². The Bertz CT molecular complexity index is 238. The molecular weight excluding hydrogens is 214 g/mol. The van der Waals surface area contributed by atoms with Crippen LogP contribution in [0.4, 0.5) is 0 Å². The highest BCUT2D eigenvalue weighted by molar-refractivity contribution is 5.71. The maximum absolute atomic E-state index is 11.5. The minimum Gasteiger partial charge on any atom is -0.465 e. The molecule has 1 aliphatic carbocycles. The lowest BCUT2D eigenvalue weighted by Crippen LogP contribution is -2.46. The van der Waals surface area contributed by atoms with E-state index in [-0.39, 0.29) is 5.97 Å². The van der Waals surface area contributed by atoms with E-state index in [1.807, 2.05) is 0 Å². The van der Waals surface area contributed by atoms with Crippen molar-refractivity contribution in [3.8, 4) is 0 Å². The summed E-state index contributed by atoms with van der Waals surface area (Å²) < 4.78 is 5.14. The van der Waals surface area contributed by atoms with Crippen molar-refractivity contribution in [3.63, 3.8) is 0 Å². The van der Waals surface area contributed by atoms with Gasteiger partial charge in [-0.25, -0.2) is 0 Å². The fraction of sp³-hybridized carbons (Fsp3) is 0.929. The van der Waals surface area contributed by atoms with Crippen LogP contribution in [0.2, 0.25) is 0 Å². The summed E-state index contributed by atoms with van der Waals surface area (Å²) >= 11 is 0. The van der Waals surface area contributed by atoms with Gasteiger partial charge in [-0.3, -0.25) is 4.79 Å². The van der Waals surface area contributed by atoms with Gasteiger partial charge in [-0.1, -0.05) is 40.0 Å². The summed E-state index contributed by atoms with van der Waals surface area (Å²) in [6, 6.07) is 0.454. The Labute approximate surface area is 105 Å². The minimum atomic E-state index is -0.111. The zero-order chi connectivity index (χ0) is 12.7. The van der Waals surface area contributed by atoms with Crippen LogP contribution in [0.5, 0.6) is 0 Å². The fourth-order valence-corrected chi connectivity index (χ4v) is 2.46. The highest BCUT2D eigenvalue weighted by Gasteiger charge is 2.31. The number of carbonyl (C=O) groups excluding carboxylic acids is 1. The molecule has 0 aromatic heterocycles. The molecule has 0 aliphatic heterocycles. The van der Waals surface area contributed by atoms with Gasteiger partial charge in [0.25, 0.3) is 0 Å². The van der Waals surface area contributed by atoms with Crippen LogP contribution in [0.3, 0.4) is 0 Å². The predicted molar refractivity (Wildman–Crippen MR) is 69.9 cm³/mol. The van der Waals surface area contributed by atoms with Gasteiger partial charge in [-0.05, 0) is 24.7 Å². The van der Waals surface area contributed by atoms with Crippen LogP contribution in [0, 0.1) is 5.41 Å². The summed E-state index contributed by atoms with van der Waals surface area (Å²) in [6.07, 6.45) is 7.03. The van der Waals surface area contributed by atoms with E-state index in [0.29, 0.717) is 24.6 Å². The molecule has 1 atom stereocenters. The maximum atomic E-state index is 11.5. The Hall–Kier alpha value is -0.570. The van der Waals surface area contributed by atoms with Crippen LogP contribution in [-0.2, 0) is 9.53 Å². The number of rotatable bonds is 6. The van der Waals surface area contributed by atoms with Gasteiger partial charge in [0.1, 0.15) is 0 Å². The fourth-order valence-electron chi connectivity index (χ4n) is 2.46. The summed E-state index contributed by atoms with van der Waals surface area (Å²) in [6.45, 7) is 7.58. The van der Waals surface area contributed by atoms with Gasteiger partial charge in [0, 0.05) is 6.04 Å². The van der Waals surface area contributed by atoms with Gasteiger partial charge in [-0.15, -0.1) is 0 Å². The van der Waals surface area contributed by atoms with Crippen molar-refractivity contribution in [1.29, 1.82) is 0 Å². The monoisotopic (exact) mass is 241 g/mol. The molecule has 0 saturated heterocycles. The Balaban J connectivity index is 2.22. The summed E-state index contributed by atoms with van der Waals surface area (Å²) in [5.74, 6) is -0.111. The van der Waals surface area contributed by atoms with Crippen molar-refractivity contribution in [1.82, 2.24) is 5.32 Å². The molecule has 1 unspecified atom stereocenters. The van der Waals surface area contributed by atoms with Crippen molar-refractivity contribution >= 4 is 5.97 Å². The highest BCUT2D eigenvalue weighted by atomic mass is 16.5. The SMILES string of the molecule is CCCCOC(=O)CNC1CCCCC1(C)C. The number of unbranched alkanes of at least 4 members (excludes halogenated alkanes) is 1. The lowest BCUT2D eigenvalue weighted by Gasteiger charge is -2.39.